The van der Waals surface area contributed by atoms with Crippen LogP contribution in [-0.4, -0.2) is 35.5 Å². The number of carbonyl (C=O) groups excluding carboxylic acids is 1. The van der Waals surface area contributed by atoms with Crippen LogP contribution >= 0.6 is 0 Å². The van der Waals surface area contributed by atoms with E-state index in [1.807, 2.05) is 30.9 Å². The summed E-state index contributed by atoms with van der Waals surface area (Å²) >= 11 is 0. The smallest absolute Gasteiger partial charge is 0.231 e. The lowest BCUT2D eigenvalue weighted by molar-refractivity contribution is -0.121. The van der Waals surface area contributed by atoms with Gasteiger partial charge in [-0.15, -0.1) is 0 Å². The summed E-state index contributed by atoms with van der Waals surface area (Å²) in [6.45, 7) is 6.34. The molecule has 2 aliphatic heterocycles. The maximum absolute atomic E-state index is 13.0. The van der Waals surface area contributed by atoms with Crippen LogP contribution in [-0.2, 0) is 11.2 Å². The first-order valence-corrected chi connectivity index (χ1v) is 8.58. The quantitative estimate of drug-likeness (QED) is 0.852. The van der Waals surface area contributed by atoms with Gasteiger partial charge in [-0.1, -0.05) is 18.2 Å². The predicted octanol–water partition coefficient (Wildman–Crippen LogP) is 2.51. The van der Waals surface area contributed by atoms with Gasteiger partial charge in [0.25, 0.3) is 0 Å². The number of hydrogen-bond acceptors (Lipinski definition) is 4. The lowest BCUT2D eigenvalue weighted by Crippen LogP contribution is -2.36. The Kier molecular flexibility index (Phi) is 3.71. The van der Waals surface area contributed by atoms with Gasteiger partial charge in [0.1, 0.15) is 5.82 Å². The molecule has 4 rings (SSSR count). The zero-order valence-electron chi connectivity index (χ0n) is 14.2. The Morgan fingerprint density at radius 1 is 1.21 bits per heavy atom. The van der Waals surface area contributed by atoms with Gasteiger partial charge in [-0.2, -0.15) is 0 Å². The summed E-state index contributed by atoms with van der Waals surface area (Å²) in [4.78, 5) is 26.2. The van der Waals surface area contributed by atoms with Crippen molar-refractivity contribution in [1.82, 2.24) is 9.97 Å². The van der Waals surface area contributed by atoms with Crippen LogP contribution < -0.4 is 9.80 Å². The number of carbonyl (C=O) groups is 1. The maximum atomic E-state index is 13.0. The summed E-state index contributed by atoms with van der Waals surface area (Å²) < 4.78 is 0. The molecule has 5 nitrogen and oxygen atoms in total. The summed E-state index contributed by atoms with van der Waals surface area (Å²) in [5.41, 5.74) is 4.22. The summed E-state index contributed by atoms with van der Waals surface area (Å²) in [5.74, 6) is 1.21. The van der Waals surface area contributed by atoms with Crippen LogP contribution in [0.5, 0.6) is 0 Å². The number of aryl methyl sites for hydroxylation is 2. The van der Waals surface area contributed by atoms with Crippen LogP contribution in [0.4, 0.5) is 11.5 Å². The molecule has 0 radical (unpaired) electrons. The highest BCUT2D eigenvalue weighted by molar-refractivity contribution is 5.97. The minimum Gasteiger partial charge on any atom is -0.354 e. The second-order valence-corrected chi connectivity index (χ2v) is 6.72. The van der Waals surface area contributed by atoms with Crippen LogP contribution in [0.3, 0.4) is 0 Å². The van der Waals surface area contributed by atoms with E-state index in [1.54, 1.807) is 6.20 Å². The molecule has 1 aromatic carbocycles. The molecule has 1 saturated heterocycles. The Hall–Kier alpha value is -2.43. The molecule has 0 bridgehead atoms. The van der Waals surface area contributed by atoms with E-state index in [2.05, 4.69) is 27.0 Å². The largest absolute Gasteiger partial charge is 0.354 e. The third-order valence-electron chi connectivity index (χ3n) is 5.04. The molecule has 3 heterocycles. The van der Waals surface area contributed by atoms with Gasteiger partial charge in [-0.05, 0) is 38.3 Å². The van der Waals surface area contributed by atoms with Crippen molar-refractivity contribution in [2.45, 2.75) is 26.7 Å². The lowest BCUT2D eigenvalue weighted by atomic mass is 10.1. The van der Waals surface area contributed by atoms with Crippen LogP contribution in [0.15, 0.2) is 30.5 Å². The fraction of sp³-hybridized carbons (Fsp3) is 0.421. The maximum Gasteiger partial charge on any atom is 0.231 e. The third kappa shape index (κ3) is 2.54. The Labute approximate surface area is 142 Å². The highest BCUT2D eigenvalue weighted by atomic mass is 16.2. The van der Waals surface area contributed by atoms with Crippen molar-refractivity contribution in [2.24, 2.45) is 5.92 Å². The van der Waals surface area contributed by atoms with Gasteiger partial charge in [0.05, 0.1) is 17.3 Å². The SMILES string of the molecule is Cc1cnc(C)c(N2CCC(C(=O)N3CCc4ccccc43)C2)n1. The molecule has 2 aromatic rings. The number of nitrogens with zero attached hydrogens (tertiary/aromatic N) is 4. The van der Waals surface area contributed by atoms with Crippen LogP contribution in [0.2, 0.25) is 0 Å². The second-order valence-electron chi connectivity index (χ2n) is 6.72. The highest BCUT2D eigenvalue weighted by Gasteiger charge is 2.35. The number of hydrogen-bond donors (Lipinski definition) is 0. The average Bonchev–Trinajstić information content (AvgIpc) is 3.23. The van der Waals surface area contributed by atoms with Gasteiger partial charge in [0.15, 0.2) is 0 Å². The lowest BCUT2D eigenvalue weighted by Gasteiger charge is -2.22. The van der Waals surface area contributed by atoms with Crippen molar-refractivity contribution < 1.29 is 4.79 Å². The summed E-state index contributed by atoms with van der Waals surface area (Å²) in [7, 11) is 0. The molecule has 0 spiro atoms. The molecule has 0 aliphatic carbocycles. The topological polar surface area (TPSA) is 49.3 Å². The summed E-state index contributed by atoms with van der Waals surface area (Å²) in [6, 6.07) is 8.23. The zero-order chi connectivity index (χ0) is 16.7. The van der Waals surface area contributed by atoms with Crippen molar-refractivity contribution >= 4 is 17.4 Å². The minimum atomic E-state index is 0.0397. The molecule has 1 unspecified atom stereocenters. The molecule has 1 fully saturated rings. The Bertz CT molecular complexity index is 789. The number of fused-ring (bicyclic) bond motifs is 1. The first-order valence-electron chi connectivity index (χ1n) is 8.58. The van der Waals surface area contributed by atoms with Gasteiger partial charge < -0.3 is 9.80 Å². The molecule has 124 valence electrons. The average molecular weight is 322 g/mol. The highest BCUT2D eigenvalue weighted by Crippen LogP contribution is 2.32. The summed E-state index contributed by atoms with van der Waals surface area (Å²) in [6.07, 6.45) is 3.63. The molecule has 1 amide bonds. The minimum absolute atomic E-state index is 0.0397. The van der Waals surface area contributed by atoms with E-state index in [-0.39, 0.29) is 11.8 Å². The van der Waals surface area contributed by atoms with Gasteiger partial charge in [-0.25, -0.2) is 4.98 Å². The van der Waals surface area contributed by atoms with E-state index in [4.69, 9.17) is 0 Å². The Balaban J connectivity index is 1.51. The Morgan fingerprint density at radius 2 is 2.04 bits per heavy atom. The number of aromatic nitrogens is 2. The molecular weight excluding hydrogens is 300 g/mol. The van der Waals surface area contributed by atoms with Crippen LogP contribution in [0.1, 0.15) is 23.4 Å². The van der Waals surface area contributed by atoms with Crippen molar-refractivity contribution in [3.63, 3.8) is 0 Å². The first kappa shape index (κ1) is 15.1. The first-order chi connectivity index (χ1) is 11.6. The van der Waals surface area contributed by atoms with E-state index < -0.39 is 0 Å². The monoisotopic (exact) mass is 322 g/mol. The van der Waals surface area contributed by atoms with Gasteiger partial charge >= 0.3 is 0 Å². The molecule has 24 heavy (non-hydrogen) atoms. The van der Waals surface area contributed by atoms with Gasteiger partial charge in [-0.3, -0.25) is 9.78 Å². The van der Waals surface area contributed by atoms with Gasteiger partial charge in [0.2, 0.25) is 5.91 Å². The molecule has 1 aromatic heterocycles. The molecule has 2 aliphatic rings. The third-order valence-corrected chi connectivity index (χ3v) is 5.04. The van der Waals surface area contributed by atoms with E-state index in [0.717, 1.165) is 55.4 Å². The molecule has 5 heteroatoms. The van der Waals surface area contributed by atoms with Crippen molar-refractivity contribution in [3.8, 4) is 0 Å². The molecule has 0 saturated carbocycles. The zero-order valence-corrected chi connectivity index (χ0v) is 14.2. The van der Waals surface area contributed by atoms with E-state index in [1.165, 1.54) is 5.56 Å². The molecular formula is C19H22N4O. The van der Waals surface area contributed by atoms with Crippen molar-refractivity contribution in [2.75, 3.05) is 29.4 Å². The van der Waals surface area contributed by atoms with Crippen LogP contribution in [0, 0.1) is 19.8 Å². The fourth-order valence-electron chi connectivity index (χ4n) is 3.77. The number of benzene rings is 1. The number of para-hydroxylation sites is 1. The number of rotatable bonds is 2. The standard InChI is InChI=1S/C19H22N4O/c1-13-11-20-14(2)18(21-13)22-9-7-16(12-22)19(24)23-10-8-15-5-3-4-6-17(15)23/h3-6,11,16H,7-10,12H2,1-2H3. The normalized spacial score (nSPS) is 19.7. The Morgan fingerprint density at radius 3 is 2.92 bits per heavy atom. The summed E-state index contributed by atoms with van der Waals surface area (Å²) in [5, 5.41) is 0. The van der Waals surface area contributed by atoms with Crippen LogP contribution in [0.25, 0.3) is 0 Å². The van der Waals surface area contributed by atoms with Crippen molar-refractivity contribution in [1.29, 1.82) is 0 Å². The van der Waals surface area contributed by atoms with Gasteiger partial charge in [0, 0.05) is 31.5 Å². The van der Waals surface area contributed by atoms with E-state index in [9.17, 15) is 4.79 Å². The number of amides is 1. The second kappa shape index (κ2) is 5.89. The van der Waals surface area contributed by atoms with E-state index in [0.29, 0.717) is 0 Å². The number of anilines is 2. The molecule has 1 atom stereocenters. The fourth-order valence-corrected chi connectivity index (χ4v) is 3.77. The van der Waals surface area contributed by atoms with E-state index >= 15 is 0 Å². The van der Waals surface area contributed by atoms with Crippen molar-refractivity contribution in [3.05, 3.63) is 47.4 Å². The predicted molar refractivity (Wildman–Crippen MR) is 94.3 cm³/mol. The molecule has 0 N–H and O–H groups in total.